The van der Waals surface area contributed by atoms with Crippen molar-refractivity contribution in [2.24, 2.45) is 0 Å². The molecule has 0 fully saturated rings. The fourth-order valence-corrected chi connectivity index (χ4v) is 3.28. The van der Waals surface area contributed by atoms with Crippen LogP contribution in [0.4, 0.5) is 0 Å². The average molecular weight is 367 g/mol. The lowest BCUT2D eigenvalue weighted by atomic mass is 10.3. The first-order valence-electron chi connectivity index (χ1n) is 7.86. The second-order valence-electron chi connectivity index (χ2n) is 5.37. The van der Waals surface area contributed by atoms with Gasteiger partial charge < -0.3 is 14.6 Å². The third-order valence-corrected chi connectivity index (χ3v) is 4.97. The normalized spacial score (nSPS) is 11.4. The van der Waals surface area contributed by atoms with Crippen LogP contribution in [0, 0.1) is 0 Å². The summed E-state index contributed by atoms with van der Waals surface area (Å²) in [7, 11) is -1.92. The summed E-state index contributed by atoms with van der Waals surface area (Å²) in [6.45, 7) is 1.13. The summed E-state index contributed by atoms with van der Waals surface area (Å²) in [5.74, 6) is -0.151. The van der Waals surface area contributed by atoms with E-state index in [1.807, 2.05) is 0 Å². The van der Waals surface area contributed by atoms with Gasteiger partial charge >= 0.3 is 0 Å². The summed E-state index contributed by atoms with van der Waals surface area (Å²) in [5.41, 5.74) is 0. The molecule has 1 N–H and O–H groups in total. The molecule has 8 nitrogen and oxygen atoms in total. The fraction of sp³-hybridized carbons (Fsp3) is 0.438. The molecule has 1 amide bonds. The summed E-state index contributed by atoms with van der Waals surface area (Å²) < 4.78 is 34.4. The number of nitrogens with zero attached hydrogens (tertiary/aromatic N) is 2. The molecule has 0 aliphatic heterocycles. The number of ether oxygens (including phenoxy) is 1. The number of methoxy groups -OCH3 is 1. The molecule has 0 radical (unpaired) electrons. The van der Waals surface area contributed by atoms with E-state index in [1.165, 1.54) is 12.1 Å². The topological polar surface area (TPSA) is 111 Å². The molecule has 9 heteroatoms. The van der Waals surface area contributed by atoms with Gasteiger partial charge in [0.25, 0.3) is 0 Å². The number of sulfone groups is 1. The minimum Gasteiger partial charge on any atom is -0.385 e. The van der Waals surface area contributed by atoms with E-state index in [1.54, 1.807) is 25.3 Å². The predicted octanol–water partition coefficient (Wildman–Crippen LogP) is 1.13. The fourth-order valence-electron chi connectivity index (χ4n) is 2.08. The van der Waals surface area contributed by atoms with E-state index in [-0.39, 0.29) is 41.1 Å². The molecule has 0 spiro atoms. The second-order valence-corrected chi connectivity index (χ2v) is 7.36. The Bertz CT molecular complexity index is 774. The molecule has 0 saturated carbocycles. The molecule has 0 atom stereocenters. The number of rotatable bonds is 10. The van der Waals surface area contributed by atoms with Gasteiger partial charge in [0.15, 0.2) is 15.7 Å². The average Bonchev–Trinajstić information content (AvgIpc) is 3.04. The summed E-state index contributed by atoms with van der Waals surface area (Å²) >= 11 is 0. The highest BCUT2D eigenvalue weighted by Crippen LogP contribution is 2.14. The number of aromatic nitrogens is 2. The highest BCUT2D eigenvalue weighted by molar-refractivity contribution is 7.90. The van der Waals surface area contributed by atoms with Gasteiger partial charge in [-0.05, 0) is 18.6 Å². The molecule has 1 aromatic carbocycles. The zero-order chi connectivity index (χ0) is 18.1. The summed E-state index contributed by atoms with van der Waals surface area (Å²) in [5, 5.41) is 6.43. The van der Waals surface area contributed by atoms with Gasteiger partial charge in [-0.25, -0.2) is 8.42 Å². The van der Waals surface area contributed by atoms with Gasteiger partial charge in [-0.2, -0.15) is 4.98 Å². The Labute approximate surface area is 146 Å². The van der Waals surface area contributed by atoms with Crippen LogP contribution in [-0.4, -0.2) is 44.7 Å². The maximum absolute atomic E-state index is 12.3. The van der Waals surface area contributed by atoms with Gasteiger partial charge in [0.2, 0.25) is 11.8 Å². The Balaban J connectivity index is 1.83. The quantitative estimate of drug-likeness (QED) is 0.627. The lowest BCUT2D eigenvalue weighted by molar-refractivity contribution is -0.121. The Kier molecular flexibility index (Phi) is 7.08. The van der Waals surface area contributed by atoms with E-state index in [9.17, 15) is 13.2 Å². The third-order valence-electron chi connectivity index (χ3n) is 3.34. The minimum absolute atomic E-state index is 0.0827. The standard InChI is InChI=1S/C16H21N3O5S/c1-23-11-5-10-17-15(20)8-9-16-18-14(19-24-16)12-25(21,22)13-6-3-2-4-7-13/h2-4,6-7H,5,8-12H2,1H3,(H,17,20). The summed E-state index contributed by atoms with van der Waals surface area (Å²) in [4.78, 5) is 15.9. The summed E-state index contributed by atoms with van der Waals surface area (Å²) in [6.07, 6.45) is 1.19. The van der Waals surface area contributed by atoms with Crippen molar-refractivity contribution >= 4 is 15.7 Å². The molecule has 2 rings (SSSR count). The molecule has 1 aromatic heterocycles. The van der Waals surface area contributed by atoms with Crippen LogP contribution in [0.5, 0.6) is 0 Å². The Hall–Kier alpha value is -2.26. The van der Waals surface area contributed by atoms with Crippen LogP contribution in [0.15, 0.2) is 39.8 Å². The van der Waals surface area contributed by atoms with Crippen molar-refractivity contribution in [2.75, 3.05) is 20.3 Å². The van der Waals surface area contributed by atoms with Crippen molar-refractivity contribution < 1.29 is 22.5 Å². The molecule has 0 unspecified atom stereocenters. The SMILES string of the molecule is COCCCNC(=O)CCc1nc(CS(=O)(=O)c2ccccc2)no1. The van der Waals surface area contributed by atoms with Crippen LogP contribution in [0.2, 0.25) is 0 Å². The molecule has 0 bridgehead atoms. The van der Waals surface area contributed by atoms with Gasteiger partial charge in [-0.1, -0.05) is 23.4 Å². The van der Waals surface area contributed by atoms with Crippen LogP contribution < -0.4 is 5.32 Å². The smallest absolute Gasteiger partial charge is 0.227 e. The highest BCUT2D eigenvalue weighted by atomic mass is 32.2. The predicted molar refractivity (Wildman–Crippen MR) is 89.5 cm³/mol. The monoisotopic (exact) mass is 367 g/mol. The van der Waals surface area contributed by atoms with Crippen molar-refractivity contribution in [3.63, 3.8) is 0 Å². The van der Waals surface area contributed by atoms with Crippen LogP contribution in [0.1, 0.15) is 24.6 Å². The molecule has 0 saturated heterocycles. The molecule has 25 heavy (non-hydrogen) atoms. The first-order valence-corrected chi connectivity index (χ1v) is 9.51. The largest absolute Gasteiger partial charge is 0.385 e. The number of benzene rings is 1. The van der Waals surface area contributed by atoms with E-state index in [0.29, 0.717) is 13.2 Å². The van der Waals surface area contributed by atoms with Crippen LogP contribution in [0.3, 0.4) is 0 Å². The first-order chi connectivity index (χ1) is 12.0. The van der Waals surface area contributed by atoms with Gasteiger partial charge in [0, 0.05) is 33.1 Å². The highest BCUT2D eigenvalue weighted by Gasteiger charge is 2.19. The molecular formula is C16H21N3O5S. The van der Waals surface area contributed by atoms with Crippen molar-refractivity contribution in [1.29, 1.82) is 0 Å². The van der Waals surface area contributed by atoms with Crippen molar-refractivity contribution in [2.45, 2.75) is 29.9 Å². The van der Waals surface area contributed by atoms with Gasteiger partial charge in [0.05, 0.1) is 4.90 Å². The molecule has 136 valence electrons. The number of hydrogen-bond acceptors (Lipinski definition) is 7. The number of amides is 1. The maximum Gasteiger partial charge on any atom is 0.227 e. The van der Waals surface area contributed by atoms with Gasteiger partial charge in [-0.15, -0.1) is 0 Å². The lowest BCUT2D eigenvalue weighted by Gasteiger charge is -2.03. The lowest BCUT2D eigenvalue weighted by Crippen LogP contribution is -2.25. The van der Waals surface area contributed by atoms with E-state index in [2.05, 4.69) is 15.5 Å². The van der Waals surface area contributed by atoms with Crippen LogP contribution >= 0.6 is 0 Å². The van der Waals surface area contributed by atoms with Crippen molar-refractivity contribution in [3.05, 3.63) is 42.0 Å². The van der Waals surface area contributed by atoms with Gasteiger partial charge in [0.1, 0.15) is 5.75 Å². The molecular weight excluding hydrogens is 346 g/mol. The van der Waals surface area contributed by atoms with Crippen LogP contribution in [-0.2, 0) is 31.5 Å². The molecule has 2 aromatic rings. The molecule has 1 heterocycles. The Morgan fingerprint density at radius 2 is 2.04 bits per heavy atom. The molecule has 0 aliphatic rings. The van der Waals surface area contributed by atoms with E-state index in [4.69, 9.17) is 9.26 Å². The van der Waals surface area contributed by atoms with Crippen LogP contribution in [0.25, 0.3) is 0 Å². The maximum atomic E-state index is 12.3. The van der Waals surface area contributed by atoms with E-state index < -0.39 is 9.84 Å². The van der Waals surface area contributed by atoms with E-state index >= 15 is 0 Å². The number of carbonyl (C=O) groups is 1. The number of aryl methyl sites for hydroxylation is 1. The van der Waals surface area contributed by atoms with E-state index in [0.717, 1.165) is 6.42 Å². The Morgan fingerprint density at radius 1 is 1.28 bits per heavy atom. The zero-order valence-electron chi connectivity index (χ0n) is 14.0. The second kappa shape index (κ2) is 9.28. The Morgan fingerprint density at radius 3 is 2.76 bits per heavy atom. The van der Waals surface area contributed by atoms with Gasteiger partial charge in [-0.3, -0.25) is 4.79 Å². The van der Waals surface area contributed by atoms with Crippen molar-refractivity contribution in [1.82, 2.24) is 15.5 Å². The minimum atomic E-state index is -3.52. The number of nitrogens with one attached hydrogen (secondary N) is 1. The first kappa shape index (κ1) is 19.1. The zero-order valence-corrected chi connectivity index (χ0v) is 14.8. The third kappa shape index (κ3) is 6.28. The number of hydrogen-bond donors (Lipinski definition) is 1. The number of carbonyl (C=O) groups excluding carboxylic acids is 1. The summed E-state index contributed by atoms with van der Waals surface area (Å²) in [6, 6.07) is 8.08. The van der Waals surface area contributed by atoms with Crippen molar-refractivity contribution in [3.8, 4) is 0 Å². The molecule has 0 aliphatic carbocycles.